The van der Waals surface area contributed by atoms with Crippen LogP contribution in [-0.2, 0) is 20.0 Å². The number of nitrogens with zero attached hydrogens (tertiary/aromatic N) is 3. The van der Waals surface area contributed by atoms with Crippen molar-refractivity contribution in [2.24, 2.45) is 7.05 Å². The minimum absolute atomic E-state index is 0.231. The minimum Gasteiger partial charge on any atom is -0.384 e. The van der Waals surface area contributed by atoms with Crippen molar-refractivity contribution in [2.75, 3.05) is 18.8 Å². The van der Waals surface area contributed by atoms with Gasteiger partial charge in [-0.1, -0.05) is 0 Å². The Labute approximate surface area is 90.8 Å². The lowest BCUT2D eigenvalue weighted by molar-refractivity contribution is -0.147. The average Bonchev–Trinajstić information content (AvgIpc) is 2.42. The average molecular weight is 234 g/mol. The highest BCUT2D eigenvalue weighted by Crippen LogP contribution is 2.26. The summed E-state index contributed by atoms with van der Waals surface area (Å²) in [6, 6.07) is 0. The van der Waals surface area contributed by atoms with Crippen LogP contribution in [0.4, 0.5) is 19.0 Å². The van der Waals surface area contributed by atoms with Crippen LogP contribution in [0.2, 0.25) is 0 Å². The normalized spacial score (nSPS) is 17.5. The van der Waals surface area contributed by atoms with E-state index in [0.29, 0.717) is 18.8 Å². The second kappa shape index (κ2) is 3.65. The molecule has 0 saturated carbocycles. The molecule has 0 radical (unpaired) electrons. The molecule has 0 fully saturated rings. The molecule has 90 valence electrons. The summed E-state index contributed by atoms with van der Waals surface area (Å²) in [5, 5.41) is 4.17. The first kappa shape index (κ1) is 11.3. The van der Waals surface area contributed by atoms with Crippen LogP contribution in [0.15, 0.2) is 0 Å². The zero-order chi connectivity index (χ0) is 11.9. The van der Waals surface area contributed by atoms with Crippen LogP contribution >= 0.6 is 0 Å². The molecule has 0 spiro atoms. The highest BCUT2D eigenvalue weighted by molar-refractivity contribution is 5.44. The standard InChI is InChI=1S/C9H13F3N4/c1-15-8(13)6-4-16(5-9(10,11)12)3-2-7(6)14-15/h2-5,13H2,1H3. The summed E-state index contributed by atoms with van der Waals surface area (Å²) in [6.07, 6.45) is -3.63. The highest BCUT2D eigenvalue weighted by Gasteiger charge is 2.33. The van der Waals surface area contributed by atoms with E-state index in [1.165, 1.54) is 9.58 Å². The predicted molar refractivity (Wildman–Crippen MR) is 52.7 cm³/mol. The molecule has 2 N–H and O–H groups in total. The van der Waals surface area contributed by atoms with Gasteiger partial charge >= 0.3 is 6.18 Å². The largest absolute Gasteiger partial charge is 0.401 e. The summed E-state index contributed by atoms with van der Waals surface area (Å²) in [5.74, 6) is 0.460. The number of halogens is 3. The summed E-state index contributed by atoms with van der Waals surface area (Å²) in [6.45, 7) is -0.280. The fourth-order valence-corrected chi connectivity index (χ4v) is 1.97. The molecule has 0 amide bonds. The molecule has 0 bridgehead atoms. The molecule has 1 aromatic rings. The number of hydrogen-bond donors (Lipinski definition) is 1. The molecule has 0 aliphatic carbocycles. The molecule has 7 heteroatoms. The van der Waals surface area contributed by atoms with Gasteiger partial charge in [-0.2, -0.15) is 18.3 Å². The monoisotopic (exact) mass is 234 g/mol. The molecule has 4 nitrogen and oxygen atoms in total. The maximum absolute atomic E-state index is 12.2. The number of anilines is 1. The van der Waals surface area contributed by atoms with Crippen molar-refractivity contribution in [3.63, 3.8) is 0 Å². The fourth-order valence-electron chi connectivity index (χ4n) is 1.97. The SMILES string of the molecule is Cn1nc2c(c1N)CN(CC(F)(F)F)CC2. The summed E-state index contributed by atoms with van der Waals surface area (Å²) in [4.78, 5) is 1.35. The van der Waals surface area contributed by atoms with Gasteiger partial charge in [-0.05, 0) is 0 Å². The summed E-state index contributed by atoms with van der Waals surface area (Å²) in [5.41, 5.74) is 7.29. The number of alkyl halides is 3. The van der Waals surface area contributed by atoms with E-state index >= 15 is 0 Å². The Bertz CT molecular complexity index is 396. The van der Waals surface area contributed by atoms with Crippen LogP contribution in [0.25, 0.3) is 0 Å². The first-order valence-corrected chi connectivity index (χ1v) is 4.96. The molecule has 1 aliphatic heterocycles. The molecule has 16 heavy (non-hydrogen) atoms. The third kappa shape index (κ3) is 2.13. The lowest BCUT2D eigenvalue weighted by Gasteiger charge is -2.26. The number of aromatic nitrogens is 2. The van der Waals surface area contributed by atoms with E-state index in [0.717, 1.165) is 11.3 Å². The van der Waals surface area contributed by atoms with E-state index in [1.54, 1.807) is 7.05 Å². The van der Waals surface area contributed by atoms with Gasteiger partial charge in [-0.15, -0.1) is 0 Å². The quantitative estimate of drug-likeness (QED) is 0.786. The number of fused-ring (bicyclic) bond motifs is 1. The molecule has 2 heterocycles. The molecular weight excluding hydrogens is 221 g/mol. The van der Waals surface area contributed by atoms with E-state index < -0.39 is 12.7 Å². The van der Waals surface area contributed by atoms with Gasteiger partial charge in [-0.25, -0.2) is 0 Å². The van der Waals surface area contributed by atoms with Crippen LogP contribution < -0.4 is 5.73 Å². The van der Waals surface area contributed by atoms with Gasteiger partial charge in [0, 0.05) is 32.1 Å². The second-order valence-corrected chi connectivity index (χ2v) is 4.01. The van der Waals surface area contributed by atoms with Crippen molar-refractivity contribution in [3.8, 4) is 0 Å². The van der Waals surface area contributed by atoms with Crippen molar-refractivity contribution >= 4 is 5.82 Å². The summed E-state index contributed by atoms with van der Waals surface area (Å²) in [7, 11) is 1.70. The van der Waals surface area contributed by atoms with Crippen molar-refractivity contribution < 1.29 is 13.2 Å². The maximum atomic E-state index is 12.2. The molecule has 2 rings (SSSR count). The topological polar surface area (TPSA) is 47.1 Å². The minimum atomic E-state index is -4.16. The number of aryl methyl sites for hydroxylation is 1. The Morgan fingerprint density at radius 2 is 2.12 bits per heavy atom. The van der Waals surface area contributed by atoms with E-state index in [4.69, 9.17) is 5.73 Å². The summed E-state index contributed by atoms with van der Waals surface area (Å²) < 4.78 is 38.2. The number of hydrogen-bond acceptors (Lipinski definition) is 3. The highest BCUT2D eigenvalue weighted by atomic mass is 19.4. The van der Waals surface area contributed by atoms with Gasteiger partial charge < -0.3 is 5.73 Å². The molecule has 1 aromatic heterocycles. The van der Waals surface area contributed by atoms with Crippen molar-refractivity contribution in [1.82, 2.24) is 14.7 Å². The Morgan fingerprint density at radius 1 is 1.44 bits per heavy atom. The third-order valence-electron chi connectivity index (χ3n) is 2.73. The molecule has 0 aromatic carbocycles. The maximum Gasteiger partial charge on any atom is 0.401 e. The van der Waals surface area contributed by atoms with Crippen LogP contribution in [-0.4, -0.2) is 33.9 Å². The second-order valence-electron chi connectivity index (χ2n) is 4.01. The Hall–Kier alpha value is -1.24. The first-order chi connectivity index (χ1) is 7.37. The first-order valence-electron chi connectivity index (χ1n) is 4.96. The zero-order valence-corrected chi connectivity index (χ0v) is 8.88. The van der Waals surface area contributed by atoms with Crippen LogP contribution in [0.3, 0.4) is 0 Å². The predicted octanol–water partition coefficient (Wildman–Crippen LogP) is 0.923. The fraction of sp³-hybridized carbons (Fsp3) is 0.667. The Morgan fingerprint density at radius 3 is 2.75 bits per heavy atom. The van der Waals surface area contributed by atoms with Gasteiger partial charge in [0.15, 0.2) is 0 Å². The number of nitrogen functional groups attached to an aromatic ring is 1. The molecule has 0 saturated heterocycles. The Balaban J connectivity index is 2.14. The van der Waals surface area contributed by atoms with Crippen molar-refractivity contribution in [2.45, 2.75) is 19.1 Å². The lowest BCUT2D eigenvalue weighted by atomic mass is 10.1. The van der Waals surface area contributed by atoms with Gasteiger partial charge in [0.2, 0.25) is 0 Å². The van der Waals surface area contributed by atoms with Gasteiger partial charge in [0.1, 0.15) is 5.82 Å². The number of nitrogens with two attached hydrogens (primary N) is 1. The molecular formula is C9H13F3N4. The zero-order valence-electron chi connectivity index (χ0n) is 8.88. The van der Waals surface area contributed by atoms with Crippen LogP contribution in [0.5, 0.6) is 0 Å². The van der Waals surface area contributed by atoms with Crippen LogP contribution in [0, 0.1) is 0 Å². The lowest BCUT2D eigenvalue weighted by Crippen LogP contribution is -2.37. The third-order valence-corrected chi connectivity index (χ3v) is 2.73. The van der Waals surface area contributed by atoms with E-state index in [9.17, 15) is 13.2 Å². The van der Waals surface area contributed by atoms with E-state index in [-0.39, 0.29) is 6.54 Å². The molecule has 1 aliphatic rings. The Kier molecular flexibility index (Phi) is 2.57. The molecule has 0 unspecified atom stereocenters. The van der Waals surface area contributed by atoms with E-state index in [1.807, 2.05) is 0 Å². The summed E-state index contributed by atoms with van der Waals surface area (Å²) >= 11 is 0. The van der Waals surface area contributed by atoms with Crippen LogP contribution in [0.1, 0.15) is 11.3 Å². The van der Waals surface area contributed by atoms with Crippen molar-refractivity contribution in [3.05, 3.63) is 11.3 Å². The van der Waals surface area contributed by atoms with E-state index in [2.05, 4.69) is 5.10 Å². The van der Waals surface area contributed by atoms with Gasteiger partial charge in [-0.3, -0.25) is 9.58 Å². The smallest absolute Gasteiger partial charge is 0.384 e. The number of rotatable bonds is 1. The van der Waals surface area contributed by atoms with Gasteiger partial charge in [0.25, 0.3) is 0 Å². The molecule has 0 atom stereocenters. The van der Waals surface area contributed by atoms with Gasteiger partial charge in [0.05, 0.1) is 12.2 Å². The van der Waals surface area contributed by atoms with Crippen molar-refractivity contribution in [1.29, 1.82) is 0 Å².